The summed E-state index contributed by atoms with van der Waals surface area (Å²) < 4.78 is 5.57. The second-order valence-electron chi connectivity index (χ2n) is 7.49. The minimum absolute atomic E-state index is 0.116. The number of rotatable bonds is 6. The maximum atomic E-state index is 5.57. The Hall–Kier alpha value is -0.810. The van der Waals surface area contributed by atoms with E-state index < -0.39 is 0 Å². The predicted molar refractivity (Wildman–Crippen MR) is 94.5 cm³/mol. The van der Waals surface area contributed by atoms with Crippen LogP contribution in [0.1, 0.15) is 40.5 Å². The summed E-state index contributed by atoms with van der Waals surface area (Å²) >= 11 is 0. The quantitative estimate of drug-likeness (QED) is 0.581. The highest BCUT2D eigenvalue weighted by Crippen LogP contribution is 2.20. The first kappa shape index (κ1) is 19.2. The van der Waals surface area contributed by atoms with Gasteiger partial charge in [-0.1, -0.05) is 27.7 Å². The first-order chi connectivity index (χ1) is 10.4. The minimum Gasteiger partial charge on any atom is -0.379 e. The van der Waals surface area contributed by atoms with E-state index in [2.05, 4.69) is 48.2 Å². The molecule has 5 nitrogen and oxygen atoms in total. The molecule has 0 spiro atoms. The molecule has 0 amide bonds. The number of methoxy groups -OCH3 is 1. The molecule has 2 N–H and O–H groups in total. The zero-order valence-corrected chi connectivity index (χ0v) is 15.4. The molecule has 0 aromatic heterocycles. The summed E-state index contributed by atoms with van der Waals surface area (Å²) in [5.74, 6) is 1.75. The summed E-state index contributed by atoms with van der Waals surface area (Å²) in [7, 11) is 3.59. The van der Waals surface area contributed by atoms with E-state index in [4.69, 9.17) is 4.74 Å². The van der Waals surface area contributed by atoms with Gasteiger partial charge in [-0.15, -0.1) is 0 Å². The number of guanidine groups is 1. The van der Waals surface area contributed by atoms with E-state index in [0.29, 0.717) is 0 Å². The van der Waals surface area contributed by atoms with Gasteiger partial charge >= 0.3 is 0 Å². The maximum Gasteiger partial charge on any atom is 0.191 e. The van der Waals surface area contributed by atoms with Crippen molar-refractivity contribution in [3.8, 4) is 0 Å². The second kappa shape index (κ2) is 9.36. The van der Waals surface area contributed by atoms with E-state index in [0.717, 1.165) is 31.5 Å². The monoisotopic (exact) mass is 312 g/mol. The van der Waals surface area contributed by atoms with Gasteiger partial charge in [-0.3, -0.25) is 4.99 Å². The highest BCUT2D eigenvalue weighted by atomic mass is 16.5. The molecular formula is C17H36N4O. The number of piperidine rings is 1. The molecule has 1 atom stereocenters. The molecule has 1 saturated heterocycles. The van der Waals surface area contributed by atoms with Crippen molar-refractivity contribution >= 4 is 5.96 Å². The Morgan fingerprint density at radius 1 is 1.27 bits per heavy atom. The number of nitrogens with zero attached hydrogens (tertiary/aromatic N) is 2. The Bertz CT molecular complexity index is 330. The minimum atomic E-state index is 0.116. The highest BCUT2D eigenvalue weighted by molar-refractivity contribution is 5.79. The molecule has 5 heteroatoms. The average Bonchev–Trinajstić information content (AvgIpc) is 2.46. The zero-order chi connectivity index (χ0) is 16.6. The largest absolute Gasteiger partial charge is 0.379 e. The predicted octanol–water partition coefficient (Wildman–Crippen LogP) is 1.94. The Morgan fingerprint density at radius 3 is 2.41 bits per heavy atom. The van der Waals surface area contributed by atoms with Crippen LogP contribution in [0.2, 0.25) is 0 Å². The number of hydrogen-bond donors (Lipinski definition) is 2. The van der Waals surface area contributed by atoms with Gasteiger partial charge in [0.1, 0.15) is 0 Å². The molecule has 130 valence electrons. The Balaban J connectivity index is 2.25. The first-order valence-electron chi connectivity index (χ1n) is 8.56. The van der Waals surface area contributed by atoms with Gasteiger partial charge in [0.05, 0.1) is 6.10 Å². The van der Waals surface area contributed by atoms with Crippen molar-refractivity contribution in [3.05, 3.63) is 0 Å². The van der Waals surface area contributed by atoms with Crippen molar-refractivity contribution < 1.29 is 4.74 Å². The van der Waals surface area contributed by atoms with E-state index in [-0.39, 0.29) is 11.5 Å². The van der Waals surface area contributed by atoms with Crippen LogP contribution in [-0.4, -0.2) is 63.8 Å². The number of hydrogen-bond acceptors (Lipinski definition) is 3. The molecule has 0 radical (unpaired) electrons. The summed E-state index contributed by atoms with van der Waals surface area (Å²) in [5.41, 5.74) is 0.116. The Labute approximate surface area is 136 Å². The fourth-order valence-corrected chi connectivity index (χ4v) is 2.77. The van der Waals surface area contributed by atoms with Crippen LogP contribution in [0.15, 0.2) is 4.99 Å². The van der Waals surface area contributed by atoms with Gasteiger partial charge < -0.3 is 20.3 Å². The van der Waals surface area contributed by atoms with Crippen molar-refractivity contribution in [2.75, 3.05) is 46.9 Å². The molecule has 1 unspecified atom stereocenters. The van der Waals surface area contributed by atoms with Gasteiger partial charge in [0.25, 0.3) is 0 Å². The normalized spacial score (nSPS) is 20.0. The molecule has 1 fully saturated rings. The van der Waals surface area contributed by atoms with Gasteiger partial charge in [0.2, 0.25) is 0 Å². The first-order valence-corrected chi connectivity index (χ1v) is 8.56. The molecule has 0 saturated carbocycles. The van der Waals surface area contributed by atoms with Crippen LogP contribution in [0.5, 0.6) is 0 Å². The topological polar surface area (TPSA) is 48.9 Å². The molecule has 1 aliphatic heterocycles. The molecule has 1 heterocycles. The van der Waals surface area contributed by atoms with Crippen LogP contribution in [0, 0.1) is 11.3 Å². The third kappa shape index (κ3) is 6.97. The van der Waals surface area contributed by atoms with Crippen LogP contribution in [0.4, 0.5) is 0 Å². The van der Waals surface area contributed by atoms with E-state index in [9.17, 15) is 0 Å². The van der Waals surface area contributed by atoms with Crippen LogP contribution >= 0.6 is 0 Å². The van der Waals surface area contributed by atoms with Gasteiger partial charge in [0, 0.05) is 33.8 Å². The molecule has 1 rings (SSSR count). The molecule has 0 aliphatic carbocycles. The summed E-state index contributed by atoms with van der Waals surface area (Å²) in [4.78, 5) is 6.83. The molecule has 1 aliphatic rings. The molecule has 0 aromatic carbocycles. The number of nitrogens with one attached hydrogen (secondary N) is 2. The van der Waals surface area contributed by atoms with Gasteiger partial charge in [-0.25, -0.2) is 0 Å². The fraction of sp³-hybridized carbons (Fsp3) is 0.941. The lowest BCUT2D eigenvalue weighted by atomic mass is 9.89. The average molecular weight is 313 g/mol. The third-order valence-corrected chi connectivity index (χ3v) is 4.53. The summed E-state index contributed by atoms with van der Waals surface area (Å²) in [6.07, 6.45) is 2.82. The second-order valence-corrected chi connectivity index (χ2v) is 7.49. The van der Waals surface area contributed by atoms with Crippen LogP contribution in [0.25, 0.3) is 0 Å². The Kier molecular flexibility index (Phi) is 8.18. The van der Waals surface area contributed by atoms with Crippen LogP contribution in [-0.2, 0) is 4.74 Å². The van der Waals surface area contributed by atoms with Crippen molar-refractivity contribution in [1.29, 1.82) is 0 Å². The molecule has 22 heavy (non-hydrogen) atoms. The van der Waals surface area contributed by atoms with E-state index in [1.54, 1.807) is 7.11 Å². The van der Waals surface area contributed by atoms with Gasteiger partial charge in [-0.05, 0) is 37.3 Å². The third-order valence-electron chi connectivity index (χ3n) is 4.53. The fourth-order valence-electron chi connectivity index (χ4n) is 2.77. The number of likely N-dealkylation sites (tertiary alicyclic amines) is 1. The van der Waals surface area contributed by atoms with Crippen LogP contribution < -0.4 is 10.6 Å². The Morgan fingerprint density at radius 2 is 1.91 bits per heavy atom. The van der Waals surface area contributed by atoms with E-state index >= 15 is 0 Å². The molecule has 0 bridgehead atoms. The van der Waals surface area contributed by atoms with Crippen molar-refractivity contribution in [3.63, 3.8) is 0 Å². The van der Waals surface area contributed by atoms with E-state index in [1.165, 1.54) is 25.9 Å². The van der Waals surface area contributed by atoms with Crippen molar-refractivity contribution in [2.45, 2.75) is 46.6 Å². The molecule has 0 aromatic rings. The van der Waals surface area contributed by atoms with Gasteiger partial charge in [-0.2, -0.15) is 0 Å². The lowest BCUT2D eigenvalue weighted by Crippen LogP contribution is -2.47. The lowest BCUT2D eigenvalue weighted by Gasteiger charge is -2.31. The summed E-state index contributed by atoms with van der Waals surface area (Å²) in [5, 5.41) is 6.77. The number of aliphatic imine (C=N–C) groups is 1. The van der Waals surface area contributed by atoms with Crippen molar-refractivity contribution in [1.82, 2.24) is 15.5 Å². The van der Waals surface area contributed by atoms with Crippen molar-refractivity contribution in [2.24, 2.45) is 16.3 Å². The standard InChI is InChI=1S/C17H36N4O/c1-14-7-10-21(11-8-14)12-9-19-16(18-5)20-13-15(22-6)17(2,3)4/h14-15H,7-13H2,1-6H3,(H2,18,19,20). The maximum absolute atomic E-state index is 5.57. The number of ether oxygens (including phenoxy) is 1. The summed E-state index contributed by atoms with van der Waals surface area (Å²) in [6, 6.07) is 0. The van der Waals surface area contributed by atoms with E-state index in [1.807, 2.05) is 7.05 Å². The lowest BCUT2D eigenvalue weighted by molar-refractivity contribution is 0.0205. The SMILES string of the molecule is CN=C(NCCN1CCC(C)CC1)NCC(OC)C(C)(C)C. The summed E-state index contributed by atoms with van der Waals surface area (Å²) in [6.45, 7) is 14.2. The highest BCUT2D eigenvalue weighted by Gasteiger charge is 2.24. The zero-order valence-electron chi connectivity index (χ0n) is 15.4. The van der Waals surface area contributed by atoms with Crippen LogP contribution in [0.3, 0.4) is 0 Å². The van der Waals surface area contributed by atoms with Gasteiger partial charge in [0.15, 0.2) is 5.96 Å². The smallest absolute Gasteiger partial charge is 0.191 e. The molecular weight excluding hydrogens is 276 g/mol.